The van der Waals surface area contributed by atoms with Crippen LogP contribution in [0.25, 0.3) is 0 Å². The van der Waals surface area contributed by atoms with Crippen LogP contribution in [-0.4, -0.2) is 33.2 Å². The van der Waals surface area contributed by atoms with E-state index in [4.69, 9.17) is 26.5 Å². The standard InChI is InChI=1S/C11H9N5O4/c12-3-5-1-6(4-13)10(16-9(5)14)15-7(11(19)20)2-8(17)18/h1,7H,2H2,(H,17,18)(H,19,20)(H3,14,15,16). The van der Waals surface area contributed by atoms with E-state index >= 15 is 0 Å². The van der Waals surface area contributed by atoms with Crippen molar-refractivity contribution in [1.82, 2.24) is 4.98 Å². The normalized spacial score (nSPS) is 10.9. The van der Waals surface area contributed by atoms with Gasteiger partial charge in [-0.3, -0.25) is 4.79 Å². The molecule has 0 amide bonds. The monoisotopic (exact) mass is 275 g/mol. The van der Waals surface area contributed by atoms with E-state index in [9.17, 15) is 9.59 Å². The van der Waals surface area contributed by atoms with Crippen molar-refractivity contribution in [3.63, 3.8) is 0 Å². The molecule has 0 aromatic carbocycles. The van der Waals surface area contributed by atoms with Crippen molar-refractivity contribution in [2.75, 3.05) is 11.1 Å². The zero-order valence-electron chi connectivity index (χ0n) is 9.99. The fourth-order valence-corrected chi connectivity index (χ4v) is 1.35. The van der Waals surface area contributed by atoms with E-state index in [2.05, 4.69) is 10.3 Å². The fourth-order valence-electron chi connectivity index (χ4n) is 1.35. The van der Waals surface area contributed by atoms with E-state index in [1.54, 1.807) is 12.1 Å². The molecule has 0 spiro atoms. The van der Waals surface area contributed by atoms with Gasteiger partial charge in [0, 0.05) is 0 Å². The molecule has 102 valence electrons. The number of nitrogens with zero attached hydrogens (tertiary/aromatic N) is 3. The number of aromatic nitrogens is 1. The van der Waals surface area contributed by atoms with Crippen LogP contribution in [0.4, 0.5) is 11.6 Å². The second-order valence-corrected chi connectivity index (χ2v) is 3.67. The number of anilines is 2. The molecule has 1 unspecified atom stereocenters. The number of pyridine rings is 1. The van der Waals surface area contributed by atoms with Crippen LogP contribution < -0.4 is 11.1 Å². The maximum absolute atomic E-state index is 10.9. The van der Waals surface area contributed by atoms with Gasteiger partial charge in [0.25, 0.3) is 0 Å². The number of carbonyl (C=O) groups is 2. The molecule has 0 aliphatic heterocycles. The fraction of sp³-hybridized carbons (Fsp3) is 0.182. The molecular weight excluding hydrogens is 266 g/mol. The largest absolute Gasteiger partial charge is 0.481 e. The van der Waals surface area contributed by atoms with Gasteiger partial charge in [0.05, 0.1) is 17.5 Å². The van der Waals surface area contributed by atoms with E-state index in [-0.39, 0.29) is 22.8 Å². The Kier molecular flexibility index (Phi) is 4.43. The Morgan fingerprint density at radius 1 is 1.35 bits per heavy atom. The maximum Gasteiger partial charge on any atom is 0.326 e. The third kappa shape index (κ3) is 3.34. The van der Waals surface area contributed by atoms with Crippen LogP contribution in [0.15, 0.2) is 6.07 Å². The molecular formula is C11H9N5O4. The number of rotatable bonds is 5. The number of nitriles is 2. The lowest BCUT2D eigenvalue weighted by Crippen LogP contribution is -2.32. The average Bonchev–Trinajstić information content (AvgIpc) is 2.37. The molecule has 0 saturated carbocycles. The number of carboxylic acid groups (broad SMARTS) is 2. The van der Waals surface area contributed by atoms with Gasteiger partial charge >= 0.3 is 11.9 Å². The third-order valence-electron chi connectivity index (χ3n) is 2.28. The minimum absolute atomic E-state index is 0.0304. The molecule has 0 fully saturated rings. The summed E-state index contributed by atoms with van der Waals surface area (Å²) in [4.78, 5) is 25.2. The summed E-state index contributed by atoms with van der Waals surface area (Å²) in [7, 11) is 0. The summed E-state index contributed by atoms with van der Waals surface area (Å²) in [5.74, 6) is -3.11. The minimum Gasteiger partial charge on any atom is -0.481 e. The van der Waals surface area contributed by atoms with Gasteiger partial charge in [-0.15, -0.1) is 0 Å². The van der Waals surface area contributed by atoms with Gasteiger partial charge in [-0.2, -0.15) is 10.5 Å². The van der Waals surface area contributed by atoms with Crippen LogP contribution in [0, 0.1) is 22.7 Å². The molecule has 1 rings (SSSR count). The predicted octanol–water partition coefficient (Wildman–Crippen LogP) is -0.253. The van der Waals surface area contributed by atoms with Crippen LogP contribution in [0.5, 0.6) is 0 Å². The van der Waals surface area contributed by atoms with Crippen molar-refractivity contribution in [3.05, 3.63) is 17.2 Å². The van der Waals surface area contributed by atoms with Crippen molar-refractivity contribution >= 4 is 23.6 Å². The molecule has 1 heterocycles. The Morgan fingerprint density at radius 3 is 2.40 bits per heavy atom. The van der Waals surface area contributed by atoms with E-state index in [1.807, 2.05) is 0 Å². The zero-order valence-corrected chi connectivity index (χ0v) is 9.99. The summed E-state index contributed by atoms with van der Waals surface area (Å²) in [6.07, 6.45) is -0.707. The lowest BCUT2D eigenvalue weighted by molar-refractivity contribution is -0.144. The number of nitrogen functional groups attached to an aromatic ring is 1. The first kappa shape index (κ1) is 14.7. The molecule has 9 nitrogen and oxygen atoms in total. The van der Waals surface area contributed by atoms with Crippen molar-refractivity contribution < 1.29 is 19.8 Å². The lowest BCUT2D eigenvalue weighted by Gasteiger charge is -2.14. The van der Waals surface area contributed by atoms with Crippen LogP contribution >= 0.6 is 0 Å². The first-order valence-electron chi connectivity index (χ1n) is 5.21. The van der Waals surface area contributed by atoms with Crippen LogP contribution in [0.2, 0.25) is 0 Å². The molecule has 0 aliphatic rings. The van der Waals surface area contributed by atoms with E-state index in [0.29, 0.717) is 0 Å². The summed E-state index contributed by atoms with van der Waals surface area (Å²) < 4.78 is 0. The molecule has 1 aromatic rings. The van der Waals surface area contributed by atoms with Crippen LogP contribution in [0.3, 0.4) is 0 Å². The summed E-state index contributed by atoms with van der Waals surface area (Å²) >= 11 is 0. The smallest absolute Gasteiger partial charge is 0.326 e. The summed E-state index contributed by atoms with van der Waals surface area (Å²) in [6, 6.07) is 3.12. The highest BCUT2D eigenvalue weighted by Crippen LogP contribution is 2.19. The molecule has 1 atom stereocenters. The number of nitrogens with one attached hydrogen (secondary N) is 1. The molecule has 5 N–H and O–H groups in total. The molecule has 0 bridgehead atoms. The number of hydrogen-bond acceptors (Lipinski definition) is 7. The van der Waals surface area contributed by atoms with Gasteiger partial charge in [0.1, 0.15) is 29.8 Å². The Labute approximate surface area is 112 Å². The molecule has 9 heteroatoms. The molecule has 0 saturated heterocycles. The van der Waals surface area contributed by atoms with Gasteiger partial charge in [-0.25, -0.2) is 9.78 Å². The topological polar surface area (TPSA) is 173 Å². The van der Waals surface area contributed by atoms with Crippen molar-refractivity contribution in [2.24, 2.45) is 0 Å². The minimum atomic E-state index is -1.47. The second-order valence-electron chi connectivity index (χ2n) is 3.67. The molecule has 0 radical (unpaired) electrons. The SMILES string of the molecule is N#Cc1cc(C#N)c(NC(CC(=O)O)C(=O)O)nc1N. The van der Waals surface area contributed by atoms with E-state index in [1.165, 1.54) is 0 Å². The lowest BCUT2D eigenvalue weighted by atomic mass is 10.1. The molecule has 1 aromatic heterocycles. The van der Waals surface area contributed by atoms with Gasteiger partial charge in [-0.05, 0) is 6.07 Å². The molecule has 0 aliphatic carbocycles. The predicted molar refractivity (Wildman–Crippen MR) is 65.4 cm³/mol. The van der Waals surface area contributed by atoms with Gasteiger partial charge in [0.15, 0.2) is 0 Å². The Hall–Kier alpha value is -3.33. The first-order chi connectivity index (χ1) is 9.38. The number of nitrogens with two attached hydrogens (primary N) is 1. The number of carboxylic acids is 2. The Bertz CT molecular complexity index is 643. The number of hydrogen-bond donors (Lipinski definition) is 4. The Balaban J connectivity index is 3.16. The van der Waals surface area contributed by atoms with Crippen molar-refractivity contribution in [1.29, 1.82) is 10.5 Å². The first-order valence-corrected chi connectivity index (χ1v) is 5.21. The number of aliphatic carboxylic acids is 2. The summed E-state index contributed by atoms with van der Waals surface area (Å²) in [5, 5.41) is 37.5. The summed E-state index contributed by atoms with van der Waals surface area (Å²) in [6.45, 7) is 0. The third-order valence-corrected chi connectivity index (χ3v) is 2.28. The highest BCUT2D eigenvalue weighted by atomic mass is 16.4. The van der Waals surface area contributed by atoms with Gasteiger partial charge in [-0.1, -0.05) is 0 Å². The summed E-state index contributed by atoms with van der Waals surface area (Å²) in [5.41, 5.74) is 5.33. The van der Waals surface area contributed by atoms with E-state index in [0.717, 1.165) is 6.07 Å². The quantitative estimate of drug-likeness (QED) is 0.564. The van der Waals surface area contributed by atoms with Crippen LogP contribution in [-0.2, 0) is 9.59 Å². The second kappa shape index (κ2) is 6.02. The van der Waals surface area contributed by atoms with Gasteiger partial charge in [0.2, 0.25) is 0 Å². The highest BCUT2D eigenvalue weighted by molar-refractivity contribution is 5.83. The van der Waals surface area contributed by atoms with Gasteiger partial charge < -0.3 is 21.3 Å². The Morgan fingerprint density at radius 2 is 1.95 bits per heavy atom. The highest BCUT2D eigenvalue weighted by Gasteiger charge is 2.23. The average molecular weight is 275 g/mol. The maximum atomic E-state index is 10.9. The molecule has 20 heavy (non-hydrogen) atoms. The van der Waals surface area contributed by atoms with Crippen LogP contribution in [0.1, 0.15) is 17.5 Å². The van der Waals surface area contributed by atoms with Crippen molar-refractivity contribution in [3.8, 4) is 12.1 Å². The van der Waals surface area contributed by atoms with E-state index < -0.39 is 24.4 Å². The zero-order chi connectivity index (χ0) is 15.3. The van der Waals surface area contributed by atoms with Crippen molar-refractivity contribution in [2.45, 2.75) is 12.5 Å².